The fourth-order valence-electron chi connectivity index (χ4n) is 2.89. The van der Waals surface area contributed by atoms with Crippen LogP contribution < -0.4 is 5.32 Å². The van der Waals surface area contributed by atoms with Gasteiger partial charge in [-0.2, -0.15) is 0 Å². The first kappa shape index (κ1) is 23.1. The number of esters is 3. The number of aromatic amines is 1. The Kier molecular flexibility index (Phi) is 7.38. The van der Waals surface area contributed by atoms with Crippen molar-refractivity contribution in [3.05, 3.63) is 38.5 Å². The smallest absolute Gasteiger partial charge is 0.355 e. The van der Waals surface area contributed by atoms with E-state index in [2.05, 4.69) is 10.3 Å². The van der Waals surface area contributed by atoms with Crippen molar-refractivity contribution in [2.45, 2.75) is 34.6 Å². The van der Waals surface area contributed by atoms with Crippen LogP contribution in [0.1, 0.15) is 59.8 Å². The first-order valence-corrected chi connectivity index (χ1v) is 9.95. The van der Waals surface area contributed by atoms with Crippen molar-refractivity contribution in [2.75, 3.05) is 25.6 Å². The molecule has 0 spiro atoms. The Balaban J connectivity index is 2.09. The van der Waals surface area contributed by atoms with Crippen LogP contribution in [0.4, 0.5) is 5.00 Å². The molecule has 0 unspecified atom stereocenters. The summed E-state index contributed by atoms with van der Waals surface area (Å²) in [6.45, 7) is 8.13. The molecular weight excluding hydrogens is 412 g/mol. The molecule has 2 rings (SSSR count). The van der Waals surface area contributed by atoms with E-state index in [0.717, 1.165) is 4.88 Å². The number of carbonyl (C=O) groups is 4. The number of aryl methyl sites for hydroxylation is 2. The minimum absolute atomic E-state index is 0.0708. The Morgan fingerprint density at radius 1 is 0.933 bits per heavy atom. The molecule has 0 radical (unpaired) electrons. The van der Waals surface area contributed by atoms with Crippen molar-refractivity contribution in [2.24, 2.45) is 0 Å². The fraction of sp³-hybridized carbons (Fsp3) is 0.400. The third-order valence-corrected chi connectivity index (χ3v) is 5.61. The summed E-state index contributed by atoms with van der Waals surface area (Å²) in [6.07, 6.45) is 0. The normalized spacial score (nSPS) is 10.5. The standard InChI is InChI=1S/C20H24N2O7S/c1-7-28-19(25)14-10(3)16(21-11(14)4)20(26)29-8-13(23)22-17-15(18(24)27-6)9(2)12(5)30-17/h21H,7-8H2,1-6H3,(H,22,23). The van der Waals surface area contributed by atoms with Gasteiger partial charge in [-0.3, -0.25) is 4.79 Å². The van der Waals surface area contributed by atoms with Crippen molar-refractivity contribution in [1.82, 2.24) is 4.98 Å². The number of thiophene rings is 1. The average molecular weight is 436 g/mol. The second-order valence-electron chi connectivity index (χ2n) is 6.45. The van der Waals surface area contributed by atoms with E-state index in [9.17, 15) is 19.2 Å². The first-order chi connectivity index (χ1) is 14.1. The fourth-order valence-corrected chi connectivity index (χ4v) is 3.96. The molecule has 0 aliphatic rings. The summed E-state index contributed by atoms with van der Waals surface area (Å²) in [7, 11) is 1.26. The lowest BCUT2D eigenvalue weighted by atomic mass is 10.1. The van der Waals surface area contributed by atoms with Gasteiger partial charge in [0.25, 0.3) is 5.91 Å². The number of carbonyl (C=O) groups excluding carboxylic acids is 4. The zero-order valence-electron chi connectivity index (χ0n) is 17.7. The van der Waals surface area contributed by atoms with Gasteiger partial charge in [0.15, 0.2) is 6.61 Å². The molecule has 0 saturated heterocycles. The molecule has 2 heterocycles. The van der Waals surface area contributed by atoms with Crippen LogP contribution in [0, 0.1) is 27.7 Å². The lowest BCUT2D eigenvalue weighted by Gasteiger charge is -2.07. The number of ether oxygens (including phenoxy) is 3. The number of amides is 1. The highest BCUT2D eigenvalue weighted by Gasteiger charge is 2.25. The van der Waals surface area contributed by atoms with Crippen molar-refractivity contribution < 1.29 is 33.4 Å². The Bertz CT molecular complexity index is 1000. The van der Waals surface area contributed by atoms with Crippen LogP contribution >= 0.6 is 11.3 Å². The maximum atomic E-state index is 12.4. The number of rotatable bonds is 7. The zero-order chi connectivity index (χ0) is 22.6. The molecule has 10 heteroatoms. The second kappa shape index (κ2) is 9.57. The van der Waals surface area contributed by atoms with E-state index in [1.54, 1.807) is 27.7 Å². The Morgan fingerprint density at radius 2 is 1.60 bits per heavy atom. The summed E-state index contributed by atoms with van der Waals surface area (Å²) in [4.78, 5) is 52.3. The topological polar surface area (TPSA) is 124 Å². The Morgan fingerprint density at radius 3 is 2.20 bits per heavy atom. The zero-order valence-corrected chi connectivity index (χ0v) is 18.5. The van der Waals surface area contributed by atoms with Gasteiger partial charge in [-0.15, -0.1) is 11.3 Å². The second-order valence-corrected chi connectivity index (χ2v) is 7.67. The number of anilines is 1. The molecule has 0 fully saturated rings. The molecule has 2 aromatic heterocycles. The molecule has 0 saturated carbocycles. The van der Waals surface area contributed by atoms with E-state index in [4.69, 9.17) is 14.2 Å². The molecule has 30 heavy (non-hydrogen) atoms. The number of hydrogen-bond donors (Lipinski definition) is 2. The maximum absolute atomic E-state index is 12.4. The lowest BCUT2D eigenvalue weighted by molar-refractivity contribution is -0.119. The van der Waals surface area contributed by atoms with Gasteiger partial charge in [-0.05, 0) is 45.7 Å². The highest BCUT2D eigenvalue weighted by molar-refractivity contribution is 7.16. The van der Waals surface area contributed by atoms with Gasteiger partial charge in [0.2, 0.25) is 0 Å². The van der Waals surface area contributed by atoms with Crippen molar-refractivity contribution in [3.8, 4) is 0 Å². The largest absolute Gasteiger partial charge is 0.465 e. The number of methoxy groups -OCH3 is 1. The molecule has 0 aliphatic heterocycles. The number of hydrogen-bond acceptors (Lipinski definition) is 8. The summed E-state index contributed by atoms with van der Waals surface area (Å²) in [5, 5.41) is 2.91. The van der Waals surface area contributed by atoms with Crippen molar-refractivity contribution in [3.63, 3.8) is 0 Å². The molecule has 0 atom stereocenters. The molecule has 0 bridgehead atoms. The van der Waals surface area contributed by atoms with E-state index < -0.39 is 30.4 Å². The van der Waals surface area contributed by atoms with E-state index >= 15 is 0 Å². The SMILES string of the molecule is CCOC(=O)c1c(C)[nH]c(C(=O)OCC(=O)Nc2sc(C)c(C)c2C(=O)OC)c1C. The van der Waals surface area contributed by atoms with E-state index in [1.165, 1.54) is 18.4 Å². The molecule has 2 aromatic rings. The van der Waals surface area contributed by atoms with Crippen LogP contribution in [0.5, 0.6) is 0 Å². The monoisotopic (exact) mass is 436 g/mol. The van der Waals surface area contributed by atoms with Crippen molar-refractivity contribution >= 4 is 40.2 Å². The minimum atomic E-state index is -0.784. The van der Waals surface area contributed by atoms with E-state index in [0.29, 0.717) is 21.8 Å². The molecule has 0 aliphatic carbocycles. The quantitative estimate of drug-likeness (QED) is 0.505. The van der Waals surface area contributed by atoms with Gasteiger partial charge in [0.05, 0.1) is 24.8 Å². The van der Waals surface area contributed by atoms with Crippen LogP contribution in [-0.4, -0.2) is 49.1 Å². The molecule has 1 amide bonds. The number of H-pyrrole nitrogens is 1. The molecule has 0 aromatic carbocycles. The van der Waals surface area contributed by atoms with Gasteiger partial charge < -0.3 is 24.5 Å². The minimum Gasteiger partial charge on any atom is -0.465 e. The summed E-state index contributed by atoms with van der Waals surface area (Å²) in [5.41, 5.74) is 2.17. The van der Waals surface area contributed by atoms with Crippen LogP contribution in [0.2, 0.25) is 0 Å². The third-order valence-electron chi connectivity index (χ3n) is 4.48. The predicted molar refractivity (Wildman–Crippen MR) is 110 cm³/mol. The Labute approximate surface area is 177 Å². The number of nitrogens with one attached hydrogen (secondary N) is 2. The molecule has 2 N–H and O–H groups in total. The molecule has 162 valence electrons. The van der Waals surface area contributed by atoms with Crippen LogP contribution in [0.15, 0.2) is 0 Å². The van der Waals surface area contributed by atoms with Crippen LogP contribution in [0.3, 0.4) is 0 Å². The highest BCUT2D eigenvalue weighted by Crippen LogP contribution is 2.32. The van der Waals surface area contributed by atoms with Gasteiger partial charge in [0, 0.05) is 10.6 Å². The van der Waals surface area contributed by atoms with Gasteiger partial charge >= 0.3 is 17.9 Å². The third kappa shape index (κ3) is 4.70. The van der Waals surface area contributed by atoms with Crippen LogP contribution in [0.25, 0.3) is 0 Å². The summed E-state index contributed by atoms with van der Waals surface area (Å²) >= 11 is 1.23. The maximum Gasteiger partial charge on any atom is 0.355 e. The summed E-state index contributed by atoms with van der Waals surface area (Å²) < 4.78 is 14.8. The average Bonchev–Trinajstić information content (AvgIpc) is 3.14. The van der Waals surface area contributed by atoms with Gasteiger partial charge in [-0.25, -0.2) is 14.4 Å². The van der Waals surface area contributed by atoms with Crippen LogP contribution in [-0.2, 0) is 19.0 Å². The van der Waals surface area contributed by atoms with Crippen molar-refractivity contribution in [1.29, 1.82) is 0 Å². The first-order valence-electron chi connectivity index (χ1n) is 9.13. The predicted octanol–water partition coefficient (Wildman–Crippen LogP) is 3.07. The lowest BCUT2D eigenvalue weighted by Crippen LogP contribution is -2.22. The van der Waals surface area contributed by atoms with E-state index in [-0.39, 0.29) is 23.4 Å². The summed E-state index contributed by atoms with van der Waals surface area (Å²) in [5.74, 6) is -2.50. The molecule has 9 nitrogen and oxygen atoms in total. The van der Waals surface area contributed by atoms with Gasteiger partial charge in [-0.1, -0.05) is 0 Å². The number of aromatic nitrogens is 1. The molecular formula is C20H24N2O7S. The highest BCUT2D eigenvalue weighted by atomic mass is 32.1. The van der Waals surface area contributed by atoms with E-state index in [1.807, 2.05) is 6.92 Å². The summed E-state index contributed by atoms with van der Waals surface area (Å²) in [6, 6.07) is 0. The van der Waals surface area contributed by atoms with Gasteiger partial charge in [0.1, 0.15) is 10.7 Å². The Hall–Kier alpha value is -3.14.